The van der Waals surface area contributed by atoms with Crippen molar-refractivity contribution < 1.29 is 18.3 Å². The number of phenols is 1. The predicted molar refractivity (Wildman–Crippen MR) is 150 cm³/mol. The van der Waals surface area contributed by atoms with Gasteiger partial charge in [0.1, 0.15) is 5.75 Å². The van der Waals surface area contributed by atoms with Crippen molar-refractivity contribution in [3.63, 3.8) is 0 Å². The van der Waals surface area contributed by atoms with E-state index in [-0.39, 0.29) is 12.3 Å². The second-order valence-electron chi connectivity index (χ2n) is 9.40. The highest BCUT2D eigenvalue weighted by Crippen LogP contribution is 2.30. The highest BCUT2D eigenvalue weighted by molar-refractivity contribution is 7.92. The van der Waals surface area contributed by atoms with Gasteiger partial charge >= 0.3 is 0 Å². The monoisotopic (exact) mass is 518 g/mol. The van der Waals surface area contributed by atoms with Crippen LogP contribution in [-0.4, -0.2) is 64.1 Å². The van der Waals surface area contributed by atoms with Gasteiger partial charge in [-0.05, 0) is 81.8 Å². The van der Waals surface area contributed by atoms with Crippen LogP contribution < -0.4 is 4.31 Å². The van der Waals surface area contributed by atoms with Crippen LogP contribution in [0.5, 0.6) is 5.75 Å². The van der Waals surface area contributed by atoms with Crippen LogP contribution in [0.3, 0.4) is 0 Å². The Hall–Kier alpha value is -2.09. The second-order valence-corrected chi connectivity index (χ2v) is 11.3. The van der Waals surface area contributed by atoms with Gasteiger partial charge < -0.3 is 14.7 Å². The molecule has 202 valence electrons. The molecule has 6 nitrogen and oxygen atoms in total. The van der Waals surface area contributed by atoms with Gasteiger partial charge in [-0.1, -0.05) is 56.2 Å². The molecule has 0 aromatic heterocycles. The van der Waals surface area contributed by atoms with Gasteiger partial charge in [0.05, 0.1) is 11.9 Å². The molecule has 7 heteroatoms. The van der Waals surface area contributed by atoms with Crippen LogP contribution in [-0.2, 0) is 27.6 Å². The summed E-state index contributed by atoms with van der Waals surface area (Å²) in [6.07, 6.45) is 10.1. The highest BCUT2D eigenvalue weighted by Gasteiger charge is 2.19. The third-order valence-electron chi connectivity index (χ3n) is 6.52. The summed E-state index contributed by atoms with van der Waals surface area (Å²) in [4.78, 5) is 2.43. The third kappa shape index (κ3) is 11.3. The molecule has 2 aromatic rings. The number of unbranched alkanes of at least 4 members (excludes halogenated alkanes) is 4. The summed E-state index contributed by atoms with van der Waals surface area (Å²) in [7, 11) is -3.43. The Balaban J connectivity index is 1.58. The van der Waals surface area contributed by atoms with Crippen LogP contribution in [0.2, 0.25) is 0 Å². The Labute approximate surface area is 219 Å². The standard InChI is InChI=1S/C29H46N2O4S/c1-4-30(22-20-27-18-19-29(32)28(25-27)31(5-2)36(3,33)34)21-12-6-7-13-23-35-24-14-11-17-26-15-9-8-10-16-26/h8-10,15-16,18-19,25,32H,4-7,11-14,17,20-24H2,1-3H3. The number of aromatic hydroxyl groups is 1. The predicted octanol–water partition coefficient (Wildman–Crippen LogP) is 5.64. The number of aryl methyl sites for hydroxylation is 1. The largest absolute Gasteiger partial charge is 0.506 e. The van der Waals surface area contributed by atoms with Crippen LogP contribution in [0.25, 0.3) is 0 Å². The molecular formula is C29H46N2O4S. The maximum absolute atomic E-state index is 12.1. The van der Waals surface area contributed by atoms with E-state index in [9.17, 15) is 13.5 Å². The van der Waals surface area contributed by atoms with E-state index in [1.807, 2.05) is 6.07 Å². The van der Waals surface area contributed by atoms with E-state index in [0.29, 0.717) is 5.69 Å². The minimum atomic E-state index is -3.43. The first kappa shape index (κ1) is 30.1. The third-order valence-corrected chi connectivity index (χ3v) is 7.78. The van der Waals surface area contributed by atoms with Gasteiger partial charge in [-0.2, -0.15) is 0 Å². The van der Waals surface area contributed by atoms with Crippen molar-refractivity contribution in [2.75, 3.05) is 50.0 Å². The number of hydrogen-bond donors (Lipinski definition) is 1. The molecule has 0 aliphatic rings. The summed E-state index contributed by atoms with van der Waals surface area (Å²) in [5.74, 6) is -0.00506. The zero-order valence-corrected chi connectivity index (χ0v) is 23.3. The van der Waals surface area contributed by atoms with Crippen molar-refractivity contribution in [3.05, 3.63) is 59.7 Å². The number of phenolic OH excluding ortho intramolecular Hbond substituents is 1. The van der Waals surface area contributed by atoms with Gasteiger partial charge in [0, 0.05) is 26.3 Å². The van der Waals surface area contributed by atoms with Crippen LogP contribution in [0.4, 0.5) is 5.69 Å². The molecule has 0 bridgehead atoms. The van der Waals surface area contributed by atoms with E-state index < -0.39 is 10.0 Å². The van der Waals surface area contributed by atoms with Gasteiger partial charge in [0.15, 0.2) is 0 Å². The first-order valence-corrected chi connectivity index (χ1v) is 15.3. The fraction of sp³-hybridized carbons (Fsp3) is 0.586. The number of hydrogen-bond acceptors (Lipinski definition) is 5. The minimum absolute atomic E-state index is 0.00506. The summed E-state index contributed by atoms with van der Waals surface area (Å²) >= 11 is 0. The lowest BCUT2D eigenvalue weighted by molar-refractivity contribution is 0.126. The molecular weight excluding hydrogens is 472 g/mol. The van der Waals surface area contributed by atoms with E-state index in [4.69, 9.17) is 4.74 Å². The Morgan fingerprint density at radius 1 is 0.778 bits per heavy atom. The lowest BCUT2D eigenvalue weighted by Gasteiger charge is -2.23. The summed E-state index contributed by atoms with van der Waals surface area (Å²) < 4.78 is 31.2. The molecule has 36 heavy (non-hydrogen) atoms. The molecule has 0 atom stereocenters. The molecule has 0 radical (unpaired) electrons. The van der Waals surface area contributed by atoms with E-state index in [1.54, 1.807) is 19.1 Å². The van der Waals surface area contributed by atoms with Crippen molar-refractivity contribution in [2.45, 2.75) is 65.2 Å². The Kier molecular flexibility index (Phi) is 13.9. The number of likely N-dealkylation sites (N-methyl/N-ethyl adjacent to an activating group) is 1. The quantitative estimate of drug-likeness (QED) is 0.244. The maximum Gasteiger partial charge on any atom is 0.232 e. The van der Waals surface area contributed by atoms with Crippen molar-refractivity contribution in [2.24, 2.45) is 0 Å². The van der Waals surface area contributed by atoms with Crippen LogP contribution in [0.1, 0.15) is 63.5 Å². The molecule has 2 rings (SSSR count). The van der Waals surface area contributed by atoms with Crippen LogP contribution in [0.15, 0.2) is 48.5 Å². The number of nitrogens with zero attached hydrogens (tertiary/aromatic N) is 2. The smallest absolute Gasteiger partial charge is 0.232 e. The first-order valence-electron chi connectivity index (χ1n) is 13.5. The molecule has 0 amide bonds. The van der Waals surface area contributed by atoms with Gasteiger partial charge in [-0.15, -0.1) is 0 Å². The zero-order chi connectivity index (χ0) is 26.2. The van der Waals surface area contributed by atoms with Crippen molar-refractivity contribution in [1.82, 2.24) is 4.90 Å². The number of rotatable bonds is 19. The topological polar surface area (TPSA) is 70.1 Å². The molecule has 0 aliphatic carbocycles. The van der Waals surface area contributed by atoms with Crippen molar-refractivity contribution in [1.29, 1.82) is 0 Å². The molecule has 0 spiro atoms. The Morgan fingerprint density at radius 3 is 2.14 bits per heavy atom. The molecule has 0 aliphatic heterocycles. The van der Waals surface area contributed by atoms with Gasteiger partial charge in [-0.3, -0.25) is 4.31 Å². The van der Waals surface area contributed by atoms with Crippen molar-refractivity contribution >= 4 is 15.7 Å². The van der Waals surface area contributed by atoms with E-state index in [0.717, 1.165) is 64.1 Å². The average Bonchev–Trinajstić information content (AvgIpc) is 2.86. The first-order chi connectivity index (χ1) is 17.3. The van der Waals surface area contributed by atoms with Crippen LogP contribution in [0, 0.1) is 0 Å². The lowest BCUT2D eigenvalue weighted by atomic mass is 10.1. The van der Waals surface area contributed by atoms with E-state index in [1.165, 1.54) is 41.8 Å². The Morgan fingerprint density at radius 2 is 1.47 bits per heavy atom. The summed E-state index contributed by atoms with van der Waals surface area (Å²) in [5.41, 5.74) is 2.80. The fourth-order valence-electron chi connectivity index (χ4n) is 4.40. The minimum Gasteiger partial charge on any atom is -0.506 e. The Bertz CT molecular complexity index is 966. The SMILES string of the molecule is CCN(CCCCCCOCCCCc1ccccc1)CCc1ccc(O)c(N(CC)S(C)(=O)=O)c1. The van der Waals surface area contributed by atoms with E-state index >= 15 is 0 Å². The molecule has 0 saturated heterocycles. The summed E-state index contributed by atoms with van der Waals surface area (Å²) in [5, 5.41) is 10.2. The maximum atomic E-state index is 12.1. The highest BCUT2D eigenvalue weighted by atomic mass is 32.2. The van der Waals surface area contributed by atoms with Crippen molar-refractivity contribution in [3.8, 4) is 5.75 Å². The zero-order valence-electron chi connectivity index (χ0n) is 22.5. The number of benzene rings is 2. The normalized spacial score (nSPS) is 11.8. The molecule has 0 heterocycles. The van der Waals surface area contributed by atoms with Gasteiger partial charge in [0.2, 0.25) is 10.0 Å². The van der Waals surface area contributed by atoms with Gasteiger partial charge in [0.25, 0.3) is 0 Å². The molecule has 0 saturated carbocycles. The van der Waals surface area contributed by atoms with Gasteiger partial charge in [-0.25, -0.2) is 8.42 Å². The molecule has 2 aromatic carbocycles. The lowest BCUT2D eigenvalue weighted by Crippen LogP contribution is -2.30. The van der Waals surface area contributed by atoms with E-state index in [2.05, 4.69) is 42.2 Å². The number of ether oxygens (including phenoxy) is 1. The second kappa shape index (κ2) is 16.6. The molecule has 0 fully saturated rings. The number of anilines is 1. The number of sulfonamides is 1. The summed E-state index contributed by atoms with van der Waals surface area (Å²) in [6, 6.07) is 15.9. The molecule has 1 N–H and O–H groups in total. The summed E-state index contributed by atoms with van der Waals surface area (Å²) in [6.45, 7) is 8.91. The average molecular weight is 519 g/mol. The van der Waals surface area contributed by atoms with Crippen LogP contribution >= 0.6 is 0 Å². The fourth-order valence-corrected chi connectivity index (χ4v) is 5.37. The molecule has 0 unspecified atom stereocenters.